The Kier molecular flexibility index (Phi) is 5.09. The molecule has 0 radical (unpaired) electrons. The van der Waals surface area contributed by atoms with Crippen molar-refractivity contribution in [1.82, 2.24) is 0 Å². The summed E-state index contributed by atoms with van der Waals surface area (Å²) < 4.78 is 62.1. The van der Waals surface area contributed by atoms with E-state index >= 15 is 0 Å². The van der Waals surface area contributed by atoms with Crippen LogP contribution in [0.25, 0.3) is 0 Å². The van der Waals surface area contributed by atoms with E-state index in [1.54, 1.807) is 6.07 Å². The molecule has 0 fully saturated rings. The van der Waals surface area contributed by atoms with Crippen LogP contribution in [-0.2, 0) is 16.3 Å². The Hall–Kier alpha value is -2.62. The van der Waals surface area contributed by atoms with Gasteiger partial charge >= 0.3 is 5.76 Å². The maximum atomic E-state index is 13.6. The quantitative estimate of drug-likeness (QED) is 0.600. The van der Waals surface area contributed by atoms with Crippen LogP contribution in [0.4, 0.5) is 24.5 Å². The summed E-state index contributed by atoms with van der Waals surface area (Å²) in [6.07, 6.45) is 2.12. The molecule has 27 heavy (non-hydrogen) atoms. The smallest absolute Gasteiger partial charge is 0.341 e. The molecule has 10 heteroatoms. The first kappa shape index (κ1) is 19.2. The van der Waals surface area contributed by atoms with E-state index in [1.807, 2.05) is 0 Å². The fraction of sp³-hybridized carbons (Fsp3) is 0.294. The van der Waals surface area contributed by atoms with Crippen LogP contribution in [0.5, 0.6) is 0 Å². The van der Waals surface area contributed by atoms with Crippen molar-refractivity contribution in [1.29, 1.82) is 0 Å². The lowest BCUT2D eigenvalue weighted by Crippen LogP contribution is -2.18. The molecule has 0 aromatic heterocycles. The van der Waals surface area contributed by atoms with Crippen LogP contribution in [0.1, 0.15) is 30.0 Å². The van der Waals surface area contributed by atoms with Crippen LogP contribution in [0, 0.1) is 15.9 Å². The number of hydrogen-bond acceptors (Lipinski definition) is 5. The maximum absolute atomic E-state index is 13.6. The number of sulfone groups is 1. The lowest BCUT2D eigenvalue weighted by Gasteiger charge is -2.27. The van der Waals surface area contributed by atoms with Gasteiger partial charge in [-0.1, -0.05) is 6.07 Å². The zero-order valence-corrected chi connectivity index (χ0v) is 14.7. The second-order valence-electron chi connectivity index (χ2n) is 6.17. The van der Waals surface area contributed by atoms with Gasteiger partial charge in [-0.2, -0.15) is 8.78 Å². The van der Waals surface area contributed by atoms with Gasteiger partial charge in [0.1, 0.15) is 11.5 Å². The zero-order valence-electron chi connectivity index (χ0n) is 13.9. The minimum absolute atomic E-state index is 0.0182. The normalized spacial score (nSPS) is 16.8. The van der Waals surface area contributed by atoms with Crippen molar-refractivity contribution in [3.63, 3.8) is 0 Å². The van der Waals surface area contributed by atoms with E-state index in [4.69, 9.17) is 0 Å². The van der Waals surface area contributed by atoms with Gasteiger partial charge in [0.15, 0.2) is 0 Å². The predicted octanol–water partition coefficient (Wildman–Crippen LogP) is 4.22. The number of halogens is 3. The second kappa shape index (κ2) is 7.18. The van der Waals surface area contributed by atoms with Gasteiger partial charge in [0.2, 0.25) is 9.84 Å². The number of hydrogen-bond donors (Lipinski definition) is 1. The van der Waals surface area contributed by atoms with E-state index in [0.29, 0.717) is 18.1 Å². The Morgan fingerprint density at radius 1 is 1.19 bits per heavy atom. The molecule has 2 aromatic carbocycles. The van der Waals surface area contributed by atoms with Gasteiger partial charge < -0.3 is 5.32 Å². The van der Waals surface area contributed by atoms with Gasteiger partial charge in [-0.15, -0.1) is 0 Å². The highest BCUT2D eigenvalue weighted by Crippen LogP contribution is 2.37. The topological polar surface area (TPSA) is 89.3 Å². The van der Waals surface area contributed by atoms with Gasteiger partial charge in [0.05, 0.1) is 15.9 Å². The van der Waals surface area contributed by atoms with E-state index in [2.05, 4.69) is 5.32 Å². The molecule has 0 saturated carbocycles. The summed E-state index contributed by atoms with van der Waals surface area (Å²) in [6.45, 7) is 0. The van der Waals surface area contributed by atoms with E-state index in [-0.39, 0.29) is 5.69 Å². The molecule has 1 atom stereocenters. The highest BCUT2D eigenvalue weighted by molar-refractivity contribution is 7.91. The monoisotopic (exact) mass is 400 g/mol. The maximum Gasteiger partial charge on any atom is 0.341 e. The summed E-state index contributed by atoms with van der Waals surface area (Å²) >= 11 is 0. The van der Waals surface area contributed by atoms with Gasteiger partial charge in [0.25, 0.3) is 5.69 Å². The number of anilines is 1. The van der Waals surface area contributed by atoms with Crippen molar-refractivity contribution in [3.8, 4) is 0 Å². The van der Waals surface area contributed by atoms with Crippen LogP contribution in [0.15, 0.2) is 41.3 Å². The van der Waals surface area contributed by atoms with Crippen LogP contribution >= 0.6 is 0 Å². The summed E-state index contributed by atoms with van der Waals surface area (Å²) in [5, 5.41) is 14.3. The fourth-order valence-corrected chi connectivity index (χ4v) is 3.91. The fourth-order valence-electron chi connectivity index (χ4n) is 3.17. The number of nitro benzene ring substituents is 1. The standard InChI is InChI=1S/C17H15F3N2O4S/c18-11-5-4-10-2-1-3-14(13(10)8-11)21-15-7-6-12(9-16(15)22(23)24)27(25,26)17(19)20/h4-9,14,17,21H,1-3H2. The number of alkyl halides is 2. The first-order valence-electron chi connectivity index (χ1n) is 8.05. The molecule has 0 spiro atoms. The average molecular weight is 400 g/mol. The summed E-state index contributed by atoms with van der Waals surface area (Å²) in [5.41, 5.74) is 0.926. The molecule has 6 nitrogen and oxygen atoms in total. The Labute approximate surface area is 153 Å². The van der Waals surface area contributed by atoms with Crippen LogP contribution in [0.2, 0.25) is 0 Å². The van der Waals surface area contributed by atoms with Crippen LogP contribution in [-0.4, -0.2) is 19.1 Å². The molecule has 1 aliphatic carbocycles. The third-order valence-electron chi connectivity index (χ3n) is 4.48. The van der Waals surface area contributed by atoms with Crippen molar-refractivity contribution in [2.45, 2.75) is 36.0 Å². The molecule has 0 amide bonds. The van der Waals surface area contributed by atoms with Crippen LogP contribution < -0.4 is 5.32 Å². The van der Waals surface area contributed by atoms with E-state index in [0.717, 1.165) is 30.5 Å². The average Bonchev–Trinajstić information content (AvgIpc) is 2.62. The minimum Gasteiger partial charge on any atom is -0.373 e. The highest BCUT2D eigenvalue weighted by atomic mass is 32.2. The van der Waals surface area contributed by atoms with Gasteiger partial charge in [-0.3, -0.25) is 10.1 Å². The van der Waals surface area contributed by atoms with E-state index in [1.165, 1.54) is 12.1 Å². The number of rotatable bonds is 5. The first-order valence-corrected chi connectivity index (χ1v) is 9.60. The lowest BCUT2D eigenvalue weighted by atomic mass is 9.87. The van der Waals surface area contributed by atoms with Crippen molar-refractivity contribution >= 4 is 21.2 Å². The molecule has 144 valence electrons. The number of nitrogens with zero attached hydrogens (tertiary/aromatic N) is 1. The third kappa shape index (κ3) is 3.75. The number of fused-ring (bicyclic) bond motifs is 1. The molecule has 2 aromatic rings. The van der Waals surface area contributed by atoms with Crippen LogP contribution in [0.3, 0.4) is 0 Å². The molecule has 0 heterocycles. The summed E-state index contributed by atoms with van der Waals surface area (Å²) in [7, 11) is -4.95. The molecule has 0 aliphatic heterocycles. The third-order valence-corrected chi connectivity index (χ3v) is 5.86. The molecule has 0 bridgehead atoms. The van der Waals surface area contributed by atoms with Gasteiger partial charge in [-0.05, 0) is 54.7 Å². The molecule has 1 unspecified atom stereocenters. The molecular weight excluding hydrogens is 385 g/mol. The lowest BCUT2D eigenvalue weighted by molar-refractivity contribution is -0.384. The summed E-state index contributed by atoms with van der Waals surface area (Å²) in [4.78, 5) is 9.66. The molecule has 1 aliphatic rings. The first-order chi connectivity index (χ1) is 12.7. The van der Waals surface area contributed by atoms with Gasteiger partial charge in [0, 0.05) is 6.07 Å². The number of nitrogens with one attached hydrogen (secondary N) is 1. The predicted molar refractivity (Wildman–Crippen MR) is 92.0 cm³/mol. The summed E-state index contributed by atoms with van der Waals surface area (Å²) in [5.74, 6) is -4.11. The Morgan fingerprint density at radius 3 is 2.59 bits per heavy atom. The number of nitro groups is 1. The van der Waals surface area contributed by atoms with Crippen molar-refractivity contribution in [3.05, 3.63) is 63.5 Å². The van der Waals surface area contributed by atoms with Crippen molar-refractivity contribution < 1.29 is 26.5 Å². The second-order valence-corrected chi connectivity index (χ2v) is 8.09. The molecule has 3 rings (SSSR count). The Morgan fingerprint density at radius 2 is 1.93 bits per heavy atom. The largest absolute Gasteiger partial charge is 0.373 e. The zero-order chi connectivity index (χ0) is 19.8. The van der Waals surface area contributed by atoms with E-state index < -0.39 is 43.0 Å². The summed E-state index contributed by atoms with van der Waals surface area (Å²) in [6, 6.07) is 6.53. The SMILES string of the molecule is O=[N+]([O-])c1cc(S(=O)(=O)C(F)F)ccc1NC1CCCc2ccc(F)cc21. The van der Waals surface area contributed by atoms with Gasteiger partial charge in [-0.25, -0.2) is 12.8 Å². The molecular formula is C17H15F3N2O4S. The number of aryl methyl sites for hydroxylation is 1. The Bertz CT molecular complexity index is 996. The number of benzene rings is 2. The van der Waals surface area contributed by atoms with Crippen molar-refractivity contribution in [2.75, 3.05) is 5.32 Å². The minimum atomic E-state index is -4.95. The molecule has 0 saturated heterocycles. The highest BCUT2D eigenvalue weighted by Gasteiger charge is 2.30. The van der Waals surface area contributed by atoms with E-state index in [9.17, 15) is 31.7 Å². The molecule has 1 N–H and O–H groups in total. The Balaban J connectivity index is 1.99. The van der Waals surface area contributed by atoms with Crippen molar-refractivity contribution in [2.24, 2.45) is 0 Å².